The lowest BCUT2D eigenvalue weighted by atomic mass is 9.96. The van der Waals surface area contributed by atoms with Crippen molar-refractivity contribution in [2.45, 2.75) is 24.2 Å². The highest BCUT2D eigenvalue weighted by atomic mass is 35.5. The molecule has 2 rings (SSSR count). The predicted molar refractivity (Wildman–Crippen MR) is 85.7 cm³/mol. The molecule has 0 saturated carbocycles. The zero-order valence-corrected chi connectivity index (χ0v) is 14.0. The highest BCUT2D eigenvalue weighted by Crippen LogP contribution is 2.26. The van der Waals surface area contributed by atoms with Crippen LogP contribution in [0, 0.1) is 21.8 Å². The van der Waals surface area contributed by atoms with Gasteiger partial charge in [0.15, 0.2) is 4.90 Å². The summed E-state index contributed by atoms with van der Waals surface area (Å²) >= 11 is 0. The highest BCUT2D eigenvalue weighted by molar-refractivity contribution is 7.89. The van der Waals surface area contributed by atoms with E-state index in [0.29, 0.717) is 12.3 Å². The fourth-order valence-electron chi connectivity index (χ4n) is 2.54. The van der Waals surface area contributed by atoms with Crippen LogP contribution in [-0.4, -0.2) is 33.0 Å². The van der Waals surface area contributed by atoms with E-state index in [1.807, 2.05) is 0 Å². The molecule has 7 nitrogen and oxygen atoms in total. The first-order chi connectivity index (χ1) is 10.4. The minimum atomic E-state index is -4.11. The van der Waals surface area contributed by atoms with Crippen LogP contribution in [0.3, 0.4) is 0 Å². The lowest BCUT2D eigenvalue weighted by molar-refractivity contribution is -0.390. The van der Waals surface area contributed by atoms with Gasteiger partial charge in [0.05, 0.1) is 4.92 Å². The smallest absolute Gasteiger partial charge is 0.316 e. The van der Waals surface area contributed by atoms with Gasteiger partial charge in [0, 0.05) is 6.54 Å². The Morgan fingerprint density at radius 3 is 2.78 bits per heavy atom. The molecular weight excluding hydrogens is 349 g/mol. The first kappa shape index (κ1) is 19.8. The molecule has 23 heavy (non-hydrogen) atoms. The number of nitro benzene ring substituents is 1. The number of nitro groups is 1. The van der Waals surface area contributed by atoms with Crippen LogP contribution in [0.1, 0.15) is 19.3 Å². The average Bonchev–Trinajstić information content (AvgIpc) is 2.47. The van der Waals surface area contributed by atoms with Gasteiger partial charge in [0.25, 0.3) is 0 Å². The molecule has 1 heterocycles. The summed E-state index contributed by atoms with van der Waals surface area (Å²) < 4.78 is 40.1. The maximum Gasteiger partial charge on any atom is 0.324 e. The number of para-hydroxylation sites is 1. The van der Waals surface area contributed by atoms with E-state index in [1.54, 1.807) is 0 Å². The van der Waals surface area contributed by atoms with Gasteiger partial charge in [-0.2, -0.15) is 4.39 Å². The van der Waals surface area contributed by atoms with Crippen LogP contribution in [0.25, 0.3) is 0 Å². The van der Waals surface area contributed by atoms with Gasteiger partial charge < -0.3 is 5.32 Å². The van der Waals surface area contributed by atoms with E-state index in [1.165, 1.54) is 0 Å². The maximum absolute atomic E-state index is 13.5. The lowest BCUT2D eigenvalue weighted by Gasteiger charge is -2.22. The van der Waals surface area contributed by atoms with Crippen molar-refractivity contribution in [3.8, 4) is 0 Å². The first-order valence-electron chi connectivity index (χ1n) is 7.05. The molecule has 130 valence electrons. The summed E-state index contributed by atoms with van der Waals surface area (Å²) in [5, 5.41) is 14.1. The maximum atomic E-state index is 13.5. The zero-order valence-electron chi connectivity index (χ0n) is 12.3. The third kappa shape index (κ3) is 5.10. The van der Waals surface area contributed by atoms with E-state index < -0.39 is 31.3 Å². The van der Waals surface area contributed by atoms with E-state index in [9.17, 15) is 22.9 Å². The number of halogens is 2. The molecule has 1 aliphatic heterocycles. The fraction of sp³-hybridized carbons (Fsp3) is 0.538. The molecule has 1 aromatic carbocycles. The Kier molecular flexibility index (Phi) is 7.33. The summed E-state index contributed by atoms with van der Waals surface area (Å²) in [6.45, 7) is 1.97. The largest absolute Gasteiger partial charge is 0.324 e. The highest BCUT2D eigenvalue weighted by Gasteiger charge is 2.29. The Bertz CT molecular complexity index is 651. The van der Waals surface area contributed by atoms with Crippen molar-refractivity contribution in [1.29, 1.82) is 0 Å². The van der Waals surface area contributed by atoms with Gasteiger partial charge >= 0.3 is 5.69 Å². The molecule has 0 spiro atoms. The summed E-state index contributed by atoms with van der Waals surface area (Å²) in [5.41, 5.74) is -1.02. The van der Waals surface area contributed by atoms with Crippen LogP contribution >= 0.6 is 12.4 Å². The van der Waals surface area contributed by atoms with Crippen LogP contribution in [0.2, 0.25) is 0 Å². The fourth-order valence-corrected chi connectivity index (χ4v) is 3.76. The van der Waals surface area contributed by atoms with Gasteiger partial charge in [-0.25, -0.2) is 13.1 Å². The number of rotatable bonds is 6. The molecule has 1 aromatic rings. The van der Waals surface area contributed by atoms with Gasteiger partial charge in [0.2, 0.25) is 15.8 Å². The summed E-state index contributed by atoms with van der Waals surface area (Å²) in [6, 6.07) is 3.04. The van der Waals surface area contributed by atoms with E-state index in [2.05, 4.69) is 10.0 Å². The van der Waals surface area contributed by atoms with E-state index in [0.717, 1.165) is 44.1 Å². The molecule has 1 aliphatic rings. The number of sulfonamides is 1. The van der Waals surface area contributed by atoms with Crippen molar-refractivity contribution in [1.82, 2.24) is 10.0 Å². The quantitative estimate of drug-likeness (QED) is 0.590. The summed E-state index contributed by atoms with van der Waals surface area (Å²) in [6.07, 6.45) is 2.71. The third-order valence-corrected chi connectivity index (χ3v) is 5.16. The third-order valence-electron chi connectivity index (χ3n) is 3.67. The monoisotopic (exact) mass is 367 g/mol. The molecule has 2 N–H and O–H groups in total. The molecule has 0 bridgehead atoms. The number of piperidine rings is 1. The van der Waals surface area contributed by atoms with Gasteiger partial charge in [0.1, 0.15) is 0 Å². The molecule has 10 heteroatoms. The second kappa shape index (κ2) is 8.53. The van der Waals surface area contributed by atoms with Gasteiger partial charge in [-0.1, -0.05) is 6.07 Å². The standard InChI is InChI=1S/C13H18FN3O4S.ClH/c14-11-4-1-5-12(13(11)17(18)19)22(20,21)16-8-6-10-3-2-7-15-9-10;/h1,4-5,10,15-16H,2-3,6-9H2;1H. The molecule has 0 amide bonds. The molecule has 0 aliphatic carbocycles. The second-order valence-corrected chi connectivity index (χ2v) is 6.98. The summed E-state index contributed by atoms with van der Waals surface area (Å²) in [5.74, 6) is -0.789. The van der Waals surface area contributed by atoms with Gasteiger partial charge in [-0.3, -0.25) is 10.1 Å². The molecule has 0 aromatic heterocycles. The number of benzene rings is 1. The molecular formula is C13H19ClFN3O4S. The van der Waals surface area contributed by atoms with Gasteiger partial charge in [-0.05, 0) is 50.4 Å². The molecule has 1 atom stereocenters. The number of hydrogen-bond donors (Lipinski definition) is 2. The van der Waals surface area contributed by atoms with Gasteiger partial charge in [-0.15, -0.1) is 12.4 Å². The lowest BCUT2D eigenvalue weighted by Crippen LogP contribution is -2.33. The molecule has 1 fully saturated rings. The van der Waals surface area contributed by atoms with Crippen molar-refractivity contribution in [2.24, 2.45) is 5.92 Å². The van der Waals surface area contributed by atoms with Crippen molar-refractivity contribution < 1.29 is 17.7 Å². The molecule has 1 saturated heterocycles. The van der Waals surface area contributed by atoms with E-state index in [-0.39, 0.29) is 19.0 Å². The van der Waals surface area contributed by atoms with Crippen molar-refractivity contribution in [2.75, 3.05) is 19.6 Å². The van der Waals surface area contributed by atoms with Crippen LogP contribution in [0.5, 0.6) is 0 Å². The number of nitrogens with one attached hydrogen (secondary N) is 2. The minimum absolute atomic E-state index is 0. The summed E-state index contributed by atoms with van der Waals surface area (Å²) in [7, 11) is -4.11. The minimum Gasteiger partial charge on any atom is -0.316 e. The van der Waals surface area contributed by atoms with Crippen molar-refractivity contribution in [3.05, 3.63) is 34.1 Å². The zero-order chi connectivity index (χ0) is 16.2. The normalized spacial score (nSPS) is 18.2. The predicted octanol–water partition coefficient (Wildman–Crippen LogP) is 1.82. The average molecular weight is 368 g/mol. The Labute approximate surface area is 140 Å². The van der Waals surface area contributed by atoms with E-state index >= 15 is 0 Å². The second-order valence-electron chi connectivity index (χ2n) is 5.24. The van der Waals surface area contributed by atoms with Crippen molar-refractivity contribution >= 4 is 28.1 Å². The SMILES string of the molecule is Cl.O=[N+]([O-])c1c(F)cccc1S(=O)(=O)NCCC1CCCNC1. The van der Waals surface area contributed by atoms with Crippen LogP contribution in [0.4, 0.5) is 10.1 Å². The Morgan fingerprint density at radius 2 is 2.17 bits per heavy atom. The van der Waals surface area contributed by atoms with Crippen LogP contribution < -0.4 is 10.0 Å². The van der Waals surface area contributed by atoms with Crippen LogP contribution in [0.15, 0.2) is 23.1 Å². The van der Waals surface area contributed by atoms with Crippen LogP contribution in [-0.2, 0) is 10.0 Å². The number of nitrogens with zero attached hydrogens (tertiary/aromatic N) is 1. The summed E-state index contributed by atoms with van der Waals surface area (Å²) in [4.78, 5) is 9.22. The van der Waals surface area contributed by atoms with Crippen molar-refractivity contribution in [3.63, 3.8) is 0 Å². The number of hydrogen-bond acceptors (Lipinski definition) is 5. The first-order valence-corrected chi connectivity index (χ1v) is 8.53. The molecule has 0 radical (unpaired) electrons. The topological polar surface area (TPSA) is 101 Å². The Morgan fingerprint density at radius 1 is 1.43 bits per heavy atom. The Balaban J connectivity index is 0.00000264. The molecule has 1 unspecified atom stereocenters. The Hall–Kier alpha value is -1.29. The van der Waals surface area contributed by atoms with E-state index in [4.69, 9.17) is 0 Å².